The van der Waals surface area contributed by atoms with E-state index in [1.54, 1.807) is 12.2 Å². The Hall–Kier alpha value is -2.33. The Bertz CT molecular complexity index is 762. The van der Waals surface area contributed by atoms with E-state index in [4.69, 9.17) is 16.3 Å². The molecule has 0 amide bonds. The molecule has 0 spiro atoms. The number of benzene rings is 1. The first-order valence-electron chi connectivity index (χ1n) is 6.69. The highest BCUT2D eigenvalue weighted by Gasteiger charge is 2.27. The van der Waals surface area contributed by atoms with Crippen molar-refractivity contribution in [1.82, 2.24) is 5.32 Å². The Morgan fingerprint density at radius 3 is 2.95 bits per heavy atom. The molecule has 0 fully saturated rings. The number of carbonyl (C=O) groups is 1. The van der Waals surface area contributed by atoms with Gasteiger partial charge in [-0.2, -0.15) is 0 Å². The van der Waals surface area contributed by atoms with Crippen LogP contribution in [0, 0.1) is 5.82 Å². The number of ether oxygens (including phenoxy) is 1. The predicted octanol–water partition coefficient (Wildman–Crippen LogP) is 3.34. The van der Waals surface area contributed by atoms with Crippen LogP contribution in [0.4, 0.5) is 4.39 Å². The number of rotatable bonds is 3. The van der Waals surface area contributed by atoms with Gasteiger partial charge in [0.2, 0.25) is 0 Å². The summed E-state index contributed by atoms with van der Waals surface area (Å²) in [5.74, 6) is 0.0712. The first-order chi connectivity index (χ1) is 10.6. The topological polar surface area (TPSA) is 38.3 Å². The van der Waals surface area contributed by atoms with E-state index < -0.39 is 5.82 Å². The molecule has 3 nitrogen and oxygen atoms in total. The monoisotopic (exact) mass is 317 g/mol. The third kappa shape index (κ3) is 2.46. The molecule has 0 saturated heterocycles. The largest absolute Gasteiger partial charge is 0.496 e. The van der Waals surface area contributed by atoms with Crippen LogP contribution in [0.1, 0.15) is 5.56 Å². The summed E-state index contributed by atoms with van der Waals surface area (Å²) in [5.41, 5.74) is 2.29. The van der Waals surface area contributed by atoms with Crippen LogP contribution >= 0.6 is 11.6 Å². The van der Waals surface area contributed by atoms with E-state index in [1.807, 2.05) is 12.2 Å². The van der Waals surface area contributed by atoms with Gasteiger partial charge in [-0.25, -0.2) is 4.39 Å². The minimum atomic E-state index is -0.407. The molecule has 0 bridgehead atoms. The lowest BCUT2D eigenvalue weighted by Gasteiger charge is -2.29. The van der Waals surface area contributed by atoms with Crippen LogP contribution in [0.5, 0.6) is 5.75 Å². The number of aldehydes is 1. The van der Waals surface area contributed by atoms with Crippen LogP contribution in [0.15, 0.2) is 58.7 Å². The Kier molecular flexibility index (Phi) is 3.86. The molecule has 0 radical (unpaired) electrons. The summed E-state index contributed by atoms with van der Waals surface area (Å²) in [5, 5.41) is 3.81. The summed E-state index contributed by atoms with van der Waals surface area (Å²) in [6.45, 7) is 0. The third-order valence-electron chi connectivity index (χ3n) is 3.61. The summed E-state index contributed by atoms with van der Waals surface area (Å²) in [4.78, 5) is 11.4. The second kappa shape index (κ2) is 5.81. The normalized spacial score (nSPS) is 19.9. The zero-order valence-electron chi connectivity index (χ0n) is 11.8. The fraction of sp³-hybridized carbons (Fsp3) is 0.118. The molecule has 2 aliphatic rings. The molecule has 1 unspecified atom stereocenters. The van der Waals surface area contributed by atoms with Gasteiger partial charge in [0.15, 0.2) is 6.29 Å². The highest BCUT2D eigenvalue weighted by Crippen LogP contribution is 2.34. The minimum absolute atomic E-state index is 0.252. The van der Waals surface area contributed by atoms with E-state index in [1.165, 1.54) is 25.3 Å². The van der Waals surface area contributed by atoms with Gasteiger partial charge in [0.25, 0.3) is 0 Å². The van der Waals surface area contributed by atoms with Crippen molar-refractivity contribution < 1.29 is 13.9 Å². The summed E-state index contributed by atoms with van der Waals surface area (Å²) in [6.07, 6.45) is 7.97. The molecule has 3 rings (SSSR count). The molecule has 1 aliphatic heterocycles. The van der Waals surface area contributed by atoms with Crippen LogP contribution in [0.25, 0.3) is 5.70 Å². The zero-order chi connectivity index (χ0) is 15.7. The number of hydrogen-bond acceptors (Lipinski definition) is 3. The Labute approximate surface area is 132 Å². The van der Waals surface area contributed by atoms with Crippen LogP contribution in [-0.2, 0) is 4.79 Å². The first-order valence-corrected chi connectivity index (χ1v) is 7.07. The van der Waals surface area contributed by atoms with Gasteiger partial charge >= 0.3 is 0 Å². The van der Waals surface area contributed by atoms with Crippen molar-refractivity contribution in [3.8, 4) is 5.75 Å². The van der Waals surface area contributed by atoms with Crippen LogP contribution in [-0.4, -0.2) is 19.4 Å². The highest BCUT2D eigenvalue weighted by molar-refractivity contribution is 6.31. The minimum Gasteiger partial charge on any atom is -0.496 e. The molecule has 1 N–H and O–H groups in total. The van der Waals surface area contributed by atoms with E-state index in [0.717, 1.165) is 11.9 Å². The third-order valence-corrected chi connectivity index (χ3v) is 3.95. The van der Waals surface area contributed by atoms with Crippen molar-refractivity contribution in [3.63, 3.8) is 0 Å². The number of nitrogens with one attached hydrogen (secondary N) is 1. The van der Waals surface area contributed by atoms with Gasteiger partial charge in [-0.1, -0.05) is 23.8 Å². The first kappa shape index (κ1) is 14.6. The van der Waals surface area contributed by atoms with Crippen molar-refractivity contribution in [2.24, 2.45) is 0 Å². The fourth-order valence-electron chi connectivity index (χ4n) is 2.57. The standard InChI is InChI=1S/C17H13ClFNO2/c1-22-15-6-5-12(19)8-13(15)16-11(9-21)7-10-3-2-4-14(18)17(10)20-16/h2-9,17,20H,1H3. The molecule has 0 aromatic heterocycles. The maximum atomic E-state index is 13.6. The predicted molar refractivity (Wildman–Crippen MR) is 84.0 cm³/mol. The lowest BCUT2D eigenvalue weighted by Crippen LogP contribution is -2.34. The van der Waals surface area contributed by atoms with Crippen molar-refractivity contribution >= 4 is 23.6 Å². The van der Waals surface area contributed by atoms with Crippen molar-refractivity contribution in [2.45, 2.75) is 6.04 Å². The van der Waals surface area contributed by atoms with Crippen molar-refractivity contribution in [3.05, 3.63) is 70.1 Å². The smallest absolute Gasteiger partial charge is 0.152 e. The Morgan fingerprint density at radius 2 is 2.23 bits per heavy atom. The number of methoxy groups -OCH3 is 1. The van der Waals surface area contributed by atoms with E-state index >= 15 is 0 Å². The number of allylic oxidation sites excluding steroid dienone is 4. The van der Waals surface area contributed by atoms with Crippen LogP contribution in [0.3, 0.4) is 0 Å². The average Bonchev–Trinajstić information content (AvgIpc) is 2.54. The van der Waals surface area contributed by atoms with E-state index in [0.29, 0.717) is 27.6 Å². The van der Waals surface area contributed by atoms with Gasteiger partial charge in [-0.3, -0.25) is 4.79 Å². The number of dihydropyridines is 1. The average molecular weight is 318 g/mol. The SMILES string of the molecule is COc1ccc(F)cc1C1=C(C=O)C=C2C=CC=C(Cl)C2N1. The second-order valence-corrected chi connectivity index (χ2v) is 5.36. The Morgan fingerprint density at radius 1 is 1.41 bits per heavy atom. The molecule has 1 aromatic carbocycles. The maximum absolute atomic E-state index is 13.6. The fourth-order valence-corrected chi connectivity index (χ4v) is 2.82. The van der Waals surface area contributed by atoms with Gasteiger partial charge in [0.1, 0.15) is 11.6 Å². The van der Waals surface area contributed by atoms with E-state index in [-0.39, 0.29) is 6.04 Å². The van der Waals surface area contributed by atoms with Crippen LogP contribution < -0.4 is 10.1 Å². The van der Waals surface area contributed by atoms with Crippen LogP contribution in [0.2, 0.25) is 0 Å². The second-order valence-electron chi connectivity index (χ2n) is 4.93. The molecule has 5 heteroatoms. The van der Waals surface area contributed by atoms with E-state index in [9.17, 15) is 9.18 Å². The summed E-state index contributed by atoms with van der Waals surface area (Å²) in [7, 11) is 1.50. The molecular weight excluding hydrogens is 305 g/mol. The number of hydrogen-bond donors (Lipinski definition) is 1. The summed E-state index contributed by atoms with van der Waals surface area (Å²) < 4.78 is 18.9. The molecule has 112 valence electrons. The zero-order valence-corrected chi connectivity index (χ0v) is 12.5. The van der Waals surface area contributed by atoms with Crippen molar-refractivity contribution in [1.29, 1.82) is 0 Å². The lowest BCUT2D eigenvalue weighted by atomic mass is 9.92. The number of fused-ring (bicyclic) bond motifs is 1. The maximum Gasteiger partial charge on any atom is 0.152 e. The molecular formula is C17H13ClFNO2. The molecule has 1 heterocycles. The number of carbonyl (C=O) groups excluding carboxylic acids is 1. The van der Waals surface area contributed by atoms with Gasteiger partial charge in [0.05, 0.1) is 18.8 Å². The van der Waals surface area contributed by atoms with Gasteiger partial charge in [-0.15, -0.1) is 0 Å². The van der Waals surface area contributed by atoms with Crippen molar-refractivity contribution in [2.75, 3.05) is 7.11 Å². The molecule has 0 saturated carbocycles. The van der Waals surface area contributed by atoms with Gasteiger partial charge < -0.3 is 10.1 Å². The summed E-state index contributed by atoms with van der Waals surface area (Å²) in [6, 6.07) is 3.92. The van der Waals surface area contributed by atoms with E-state index in [2.05, 4.69) is 5.32 Å². The Balaban J connectivity index is 2.16. The number of halogens is 2. The highest BCUT2D eigenvalue weighted by atomic mass is 35.5. The quantitative estimate of drug-likeness (QED) is 0.869. The van der Waals surface area contributed by atoms with Gasteiger partial charge in [-0.05, 0) is 35.9 Å². The molecule has 1 atom stereocenters. The lowest BCUT2D eigenvalue weighted by molar-refractivity contribution is -0.104. The summed E-state index contributed by atoms with van der Waals surface area (Å²) >= 11 is 6.23. The molecule has 1 aromatic rings. The van der Waals surface area contributed by atoms with Gasteiger partial charge in [0, 0.05) is 16.2 Å². The molecule has 22 heavy (non-hydrogen) atoms. The molecule has 1 aliphatic carbocycles.